The predicted octanol–water partition coefficient (Wildman–Crippen LogP) is 12.6. The molecule has 0 amide bonds. The predicted molar refractivity (Wildman–Crippen MR) is 240 cm³/mol. The molecule has 1 aliphatic heterocycles. The van der Waals surface area contributed by atoms with Gasteiger partial charge in [0.2, 0.25) is 0 Å². The Bertz CT molecular complexity index is 2970. The summed E-state index contributed by atoms with van der Waals surface area (Å²) in [5, 5.41) is 3.99. The average Bonchev–Trinajstić information content (AvgIpc) is 3.78. The first-order valence-corrected chi connectivity index (χ1v) is 20.9. The first kappa shape index (κ1) is 33.3. The van der Waals surface area contributed by atoms with Crippen LogP contribution in [0, 0.1) is 13.8 Å². The van der Waals surface area contributed by atoms with Gasteiger partial charge in [-0.15, -0.1) is 11.3 Å². The molecule has 2 aromatic heterocycles. The molecular formula is C51H47BN2S. The van der Waals surface area contributed by atoms with E-state index in [0.717, 1.165) is 7.28 Å². The summed E-state index contributed by atoms with van der Waals surface area (Å²) < 4.78 is 1.33. The van der Waals surface area contributed by atoms with Gasteiger partial charge in [0.15, 0.2) is 7.28 Å². The largest absolute Gasteiger partial charge is 0.346 e. The van der Waals surface area contributed by atoms with E-state index in [4.69, 9.17) is 0 Å². The Labute approximate surface area is 329 Å². The molecule has 55 heavy (non-hydrogen) atoms. The first-order chi connectivity index (χ1) is 26.3. The molecule has 0 radical (unpaired) electrons. The normalized spacial score (nSPS) is 17.1. The van der Waals surface area contributed by atoms with Crippen molar-refractivity contribution in [2.75, 3.05) is 4.90 Å². The van der Waals surface area contributed by atoms with Gasteiger partial charge in [-0.2, -0.15) is 0 Å². The number of aromatic nitrogens is 1. The topological polar surface area (TPSA) is 19.0 Å². The Hall–Kier alpha value is -5.06. The molecule has 0 saturated carbocycles. The van der Waals surface area contributed by atoms with E-state index >= 15 is 0 Å². The lowest BCUT2D eigenvalue weighted by molar-refractivity contribution is 0.332. The fourth-order valence-corrected chi connectivity index (χ4v) is 12.0. The van der Waals surface area contributed by atoms with Crippen molar-refractivity contribution in [1.82, 2.24) is 4.98 Å². The summed E-state index contributed by atoms with van der Waals surface area (Å²) in [5.74, 6) is 0. The average molecular weight is 731 g/mol. The second-order valence-corrected chi connectivity index (χ2v) is 19.6. The van der Waals surface area contributed by atoms with Crippen molar-refractivity contribution >= 4 is 77.8 Å². The zero-order valence-corrected chi connectivity index (χ0v) is 34.1. The Kier molecular flexibility index (Phi) is 6.68. The second kappa shape index (κ2) is 11.0. The molecule has 4 heteroatoms. The van der Waals surface area contributed by atoms with Crippen LogP contribution in [-0.2, 0) is 16.2 Å². The van der Waals surface area contributed by atoms with Crippen molar-refractivity contribution in [3.05, 3.63) is 137 Å². The zero-order chi connectivity index (χ0) is 37.8. The van der Waals surface area contributed by atoms with Gasteiger partial charge >= 0.3 is 0 Å². The molecule has 3 heterocycles. The Balaban J connectivity index is 1.22. The van der Waals surface area contributed by atoms with Gasteiger partial charge in [0.1, 0.15) is 4.83 Å². The standard InChI is InChI=1S/C51H47BN2S/c1-28-24-35(32-16-13-17-34-43-33-15-10-12-19-42(33)55-48(43)53-46(32)34)45-41(25-28)54(40-27-38-37(26-29(40)2)49(3,4)22-23-50(38,5)6)47-39(52-45)21-20-31-30-14-9-11-18-36(30)51(7,8)44(31)47/h9-21,24-27,52-53H,22-23H2,1-8H3. The lowest BCUT2D eigenvalue weighted by atomic mass is 9.56. The van der Waals surface area contributed by atoms with Crippen LogP contribution in [-0.4, -0.2) is 12.3 Å². The van der Waals surface area contributed by atoms with Gasteiger partial charge < -0.3 is 9.88 Å². The van der Waals surface area contributed by atoms with Gasteiger partial charge in [-0.3, -0.25) is 0 Å². The molecule has 3 aliphatic rings. The summed E-state index contributed by atoms with van der Waals surface area (Å²) in [5.41, 5.74) is 22.0. The van der Waals surface area contributed by atoms with Crippen molar-refractivity contribution in [3.63, 3.8) is 0 Å². The van der Waals surface area contributed by atoms with Crippen LogP contribution in [0.1, 0.15) is 87.8 Å². The van der Waals surface area contributed by atoms with E-state index in [1.165, 1.54) is 128 Å². The number of thiophene rings is 1. The zero-order valence-electron chi connectivity index (χ0n) is 33.3. The fourth-order valence-electron chi connectivity index (χ4n) is 10.9. The minimum Gasteiger partial charge on any atom is -0.346 e. The van der Waals surface area contributed by atoms with E-state index in [-0.39, 0.29) is 16.2 Å². The molecule has 8 aromatic rings. The maximum absolute atomic E-state index is 3.94. The van der Waals surface area contributed by atoms with E-state index < -0.39 is 0 Å². The van der Waals surface area contributed by atoms with Gasteiger partial charge in [0.25, 0.3) is 0 Å². The number of nitrogens with one attached hydrogen (secondary N) is 1. The maximum Gasteiger partial charge on any atom is 0.198 e. The van der Waals surface area contributed by atoms with Crippen molar-refractivity contribution in [1.29, 1.82) is 0 Å². The molecule has 0 spiro atoms. The number of benzene rings is 6. The van der Waals surface area contributed by atoms with Gasteiger partial charge in [0, 0.05) is 48.9 Å². The van der Waals surface area contributed by atoms with E-state index in [1.54, 1.807) is 0 Å². The number of nitrogens with zero attached hydrogens (tertiary/aromatic N) is 1. The number of para-hydroxylation sites is 1. The molecule has 0 fully saturated rings. The molecule has 0 atom stereocenters. The maximum atomic E-state index is 3.94. The molecule has 11 rings (SSSR count). The summed E-state index contributed by atoms with van der Waals surface area (Å²) in [6.45, 7) is 19.4. The van der Waals surface area contributed by atoms with Crippen molar-refractivity contribution < 1.29 is 0 Å². The number of rotatable bonds is 2. The quantitative estimate of drug-likeness (QED) is 0.176. The van der Waals surface area contributed by atoms with Gasteiger partial charge in [-0.25, -0.2) is 0 Å². The SMILES string of the molecule is Cc1cc(-c2cccc3c2[nH]c2sc4ccccc4c23)c2c(c1)N(c1cc3c(cc1C)C(C)(C)CCC3(C)C)c1c(ccc3c1C(C)(C)c1ccccc1-3)B2. The Morgan fingerprint density at radius 2 is 1.35 bits per heavy atom. The summed E-state index contributed by atoms with van der Waals surface area (Å²) in [6, 6.07) is 39.8. The van der Waals surface area contributed by atoms with Crippen LogP contribution in [0.15, 0.2) is 103 Å². The van der Waals surface area contributed by atoms with Crippen molar-refractivity contribution in [3.8, 4) is 22.3 Å². The summed E-state index contributed by atoms with van der Waals surface area (Å²) >= 11 is 1.87. The number of H-pyrrole nitrogens is 1. The summed E-state index contributed by atoms with van der Waals surface area (Å²) in [7, 11) is 0.882. The third kappa shape index (κ3) is 4.49. The molecule has 1 N–H and O–H groups in total. The highest BCUT2D eigenvalue weighted by atomic mass is 32.1. The van der Waals surface area contributed by atoms with E-state index in [2.05, 4.69) is 168 Å². The number of anilines is 3. The van der Waals surface area contributed by atoms with Crippen LogP contribution in [0.2, 0.25) is 0 Å². The summed E-state index contributed by atoms with van der Waals surface area (Å²) in [6.07, 6.45) is 2.40. The van der Waals surface area contributed by atoms with Crippen LogP contribution in [0.4, 0.5) is 17.1 Å². The monoisotopic (exact) mass is 730 g/mol. The molecule has 2 aliphatic carbocycles. The molecule has 0 saturated heterocycles. The number of hydrogen-bond donors (Lipinski definition) is 1. The summed E-state index contributed by atoms with van der Waals surface area (Å²) in [4.78, 5) is 7.91. The minimum atomic E-state index is -0.145. The molecule has 0 unspecified atom stereocenters. The van der Waals surface area contributed by atoms with E-state index in [9.17, 15) is 0 Å². The molecule has 6 aromatic carbocycles. The van der Waals surface area contributed by atoms with Crippen molar-refractivity contribution in [2.24, 2.45) is 0 Å². The molecule has 0 bridgehead atoms. The lowest BCUT2D eigenvalue weighted by Crippen LogP contribution is -2.43. The van der Waals surface area contributed by atoms with Crippen LogP contribution >= 0.6 is 11.3 Å². The van der Waals surface area contributed by atoms with Gasteiger partial charge in [0.05, 0.1) is 5.52 Å². The lowest BCUT2D eigenvalue weighted by Gasteiger charge is -2.44. The molecule has 2 nitrogen and oxygen atoms in total. The Morgan fingerprint density at radius 3 is 2.16 bits per heavy atom. The highest BCUT2D eigenvalue weighted by Crippen LogP contribution is 2.56. The van der Waals surface area contributed by atoms with Crippen molar-refractivity contribution in [2.45, 2.75) is 84.5 Å². The van der Waals surface area contributed by atoms with Crippen LogP contribution in [0.3, 0.4) is 0 Å². The van der Waals surface area contributed by atoms with Crippen LogP contribution in [0.5, 0.6) is 0 Å². The fraction of sp³-hybridized carbons (Fsp3) is 0.255. The van der Waals surface area contributed by atoms with E-state index in [1.807, 2.05) is 11.3 Å². The van der Waals surface area contributed by atoms with Crippen LogP contribution < -0.4 is 15.8 Å². The smallest absolute Gasteiger partial charge is 0.198 e. The first-order valence-electron chi connectivity index (χ1n) is 20.1. The third-order valence-electron chi connectivity index (χ3n) is 13.8. The van der Waals surface area contributed by atoms with Gasteiger partial charge in [-0.1, -0.05) is 132 Å². The number of fused-ring (bicyclic) bond motifs is 12. The molecular weight excluding hydrogens is 683 g/mol. The number of aryl methyl sites for hydroxylation is 2. The number of aromatic amines is 1. The van der Waals surface area contributed by atoms with Crippen LogP contribution in [0.25, 0.3) is 53.5 Å². The highest BCUT2D eigenvalue weighted by Gasteiger charge is 2.43. The van der Waals surface area contributed by atoms with Gasteiger partial charge in [-0.05, 0) is 111 Å². The second-order valence-electron chi connectivity index (χ2n) is 18.6. The Morgan fingerprint density at radius 1 is 0.636 bits per heavy atom. The van der Waals surface area contributed by atoms with E-state index in [0.29, 0.717) is 0 Å². The third-order valence-corrected chi connectivity index (χ3v) is 14.9. The minimum absolute atomic E-state index is 0.0982. The molecule has 270 valence electrons. The highest BCUT2D eigenvalue weighted by molar-refractivity contribution is 7.25. The number of hydrogen-bond acceptors (Lipinski definition) is 2.